The van der Waals surface area contributed by atoms with Gasteiger partial charge in [-0.2, -0.15) is 0 Å². The van der Waals surface area contributed by atoms with Crippen LogP contribution in [0.4, 0.5) is 0 Å². The molecule has 0 rings (SSSR count). The van der Waals surface area contributed by atoms with E-state index in [-0.39, 0.29) is 19.3 Å². The van der Waals surface area contributed by atoms with Gasteiger partial charge in [0.25, 0.3) is 0 Å². The quantitative estimate of drug-likeness (QED) is 0.0352. The second-order valence-electron chi connectivity index (χ2n) is 19.6. The second-order valence-corrected chi connectivity index (χ2v) is 19.6. The van der Waals surface area contributed by atoms with Crippen molar-refractivity contribution in [2.75, 3.05) is 0 Å². The number of hydrogen-bond donors (Lipinski definition) is 4. The molecule has 0 spiro atoms. The Morgan fingerprint density at radius 1 is 0.323 bits per heavy atom. The number of Topliss-reactive ketones (excluding diaryl/α,β-unsaturated/α-hetero) is 3. The third-order valence-electron chi connectivity index (χ3n) is 13.4. The smallest absolute Gasteiger partial charge is 0.163 e. The fourth-order valence-electron chi connectivity index (χ4n) is 8.81. The lowest BCUT2D eigenvalue weighted by Gasteiger charge is -2.40. The standard InChI is InChI=1S/C58H107NO6/c1-4-7-10-13-16-19-22-25-28-31-34-37-40-43-46-49-52(60)55(63)58(59,56(64)53(61)50-47-44-41-38-35-32-29-26-23-20-17-14-11-8-5-2)57(65)54(62)51-48-45-42-39-36-33-30-27-24-21-18-15-12-9-6-3/h25-30,55-57,63-65H,4-24,31-51,59H2,1-3H3/b28-25-,29-26-,30-27-. The fraction of sp³-hybridized carbons (Fsp3) is 0.845. The van der Waals surface area contributed by atoms with Crippen LogP contribution in [0.2, 0.25) is 0 Å². The highest BCUT2D eigenvalue weighted by Gasteiger charge is 2.54. The van der Waals surface area contributed by atoms with Gasteiger partial charge in [0.15, 0.2) is 17.3 Å². The predicted octanol–water partition coefficient (Wildman–Crippen LogP) is 15.6. The fourth-order valence-corrected chi connectivity index (χ4v) is 8.81. The summed E-state index contributed by atoms with van der Waals surface area (Å²) in [5.41, 5.74) is 4.06. The van der Waals surface area contributed by atoms with Gasteiger partial charge in [0.05, 0.1) is 0 Å². The van der Waals surface area contributed by atoms with Crippen molar-refractivity contribution in [2.45, 2.75) is 314 Å². The normalized spacial score (nSPS) is 14.4. The van der Waals surface area contributed by atoms with Gasteiger partial charge in [0, 0.05) is 19.3 Å². The van der Waals surface area contributed by atoms with E-state index < -0.39 is 41.2 Å². The highest BCUT2D eigenvalue weighted by molar-refractivity contribution is 5.93. The first-order valence-electron chi connectivity index (χ1n) is 28.0. The van der Waals surface area contributed by atoms with E-state index in [0.29, 0.717) is 19.3 Å². The number of nitrogens with two attached hydrogens (primary N) is 1. The summed E-state index contributed by atoms with van der Waals surface area (Å²) < 4.78 is 0. The Labute approximate surface area is 402 Å². The molecule has 3 unspecified atom stereocenters. The number of carbonyl (C=O) groups excluding carboxylic acids is 3. The summed E-state index contributed by atoms with van der Waals surface area (Å²) >= 11 is 0. The van der Waals surface area contributed by atoms with Crippen molar-refractivity contribution >= 4 is 17.3 Å². The molecule has 7 nitrogen and oxygen atoms in total. The monoisotopic (exact) mass is 914 g/mol. The van der Waals surface area contributed by atoms with Crippen LogP contribution in [0.15, 0.2) is 36.5 Å². The van der Waals surface area contributed by atoms with Gasteiger partial charge in [-0.05, 0) is 96.3 Å². The van der Waals surface area contributed by atoms with Gasteiger partial charge in [-0.25, -0.2) is 0 Å². The minimum Gasteiger partial charge on any atom is -0.383 e. The number of carbonyl (C=O) groups is 3. The zero-order valence-corrected chi connectivity index (χ0v) is 43.0. The van der Waals surface area contributed by atoms with Crippen LogP contribution in [0.1, 0.15) is 290 Å². The molecule has 65 heavy (non-hydrogen) atoms. The highest BCUT2D eigenvalue weighted by atomic mass is 16.3. The Balaban J connectivity index is 4.95. The van der Waals surface area contributed by atoms with Crippen molar-refractivity contribution in [3.8, 4) is 0 Å². The van der Waals surface area contributed by atoms with Gasteiger partial charge < -0.3 is 21.1 Å². The summed E-state index contributed by atoms with van der Waals surface area (Å²) in [6.45, 7) is 6.73. The molecule has 3 atom stereocenters. The van der Waals surface area contributed by atoms with Crippen LogP contribution in [0.5, 0.6) is 0 Å². The largest absolute Gasteiger partial charge is 0.383 e. The number of aliphatic hydroxyl groups excluding tert-OH is 3. The van der Waals surface area contributed by atoms with Gasteiger partial charge in [-0.15, -0.1) is 0 Å². The van der Waals surface area contributed by atoms with Gasteiger partial charge in [0.1, 0.15) is 23.9 Å². The summed E-state index contributed by atoms with van der Waals surface area (Å²) in [6.07, 6.45) is 51.1. The van der Waals surface area contributed by atoms with Crippen LogP contribution in [0, 0.1) is 0 Å². The van der Waals surface area contributed by atoms with E-state index in [9.17, 15) is 29.7 Å². The maximum atomic E-state index is 13.4. The zero-order valence-electron chi connectivity index (χ0n) is 43.0. The van der Waals surface area contributed by atoms with Gasteiger partial charge in [-0.3, -0.25) is 14.4 Å². The molecular weight excluding hydrogens is 807 g/mol. The Bertz CT molecular complexity index is 1040. The SMILES string of the molecule is CCCCCCCC/C=C\CCCCCCCC(=O)C(O)C(N)(C(O)C(=O)CCCCCCC/C=C\CCCCCCCC)C(O)C(=O)CCCCCCC/C=C\CCCCCCCC. The minimum absolute atomic E-state index is 0.00255. The number of hydrogen-bond acceptors (Lipinski definition) is 7. The Hall–Kier alpha value is -1.93. The summed E-state index contributed by atoms with van der Waals surface area (Å²) in [6, 6.07) is 0. The van der Waals surface area contributed by atoms with E-state index in [2.05, 4.69) is 57.2 Å². The van der Waals surface area contributed by atoms with Crippen molar-refractivity contribution < 1.29 is 29.7 Å². The lowest BCUT2D eigenvalue weighted by Crippen LogP contribution is -2.72. The van der Waals surface area contributed by atoms with Crippen molar-refractivity contribution in [1.29, 1.82) is 0 Å². The molecule has 0 fully saturated rings. The number of aliphatic hydroxyl groups is 3. The molecule has 0 bridgehead atoms. The maximum absolute atomic E-state index is 13.4. The first kappa shape index (κ1) is 63.1. The molecule has 0 aliphatic carbocycles. The number of allylic oxidation sites excluding steroid dienone is 6. The van der Waals surface area contributed by atoms with Crippen molar-refractivity contribution in [3.05, 3.63) is 36.5 Å². The van der Waals surface area contributed by atoms with Crippen molar-refractivity contribution in [1.82, 2.24) is 0 Å². The maximum Gasteiger partial charge on any atom is 0.163 e. The molecule has 0 aliphatic rings. The van der Waals surface area contributed by atoms with Crippen LogP contribution in [-0.4, -0.2) is 56.5 Å². The number of rotatable bonds is 51. The summed E-state index contributed by atoms with van der Waals surface area (Å²) in [7, 11) is 0. The third kappa shape index (κ3) is 35.8. The first-order valence-corrected chi connectivity index (χ1v) is 28.0. The second kappa shape index (κ2) is 47.1. The first-order chi connectivity index (χ1) is 31.7. The van der Waals surface area contributed by atoms with Gasteiger partial charge in [0.2, 0.25) is 0 Å². The van der Waals surface area contributed by atoms with Crippen molar-refractivity contribution in [3.63, 3.8) is 0 Å². The summed E-state index contributed by atoms with van der Waals surface area (Å²) in [4.78, 5) is 40.2. The number of unbranched alkanes of at least 4 members (excludes halogenated alkanes) is 33. The molecule has 380 valence electrons. The Kier molecular flexibility index (Phi) is 45.7. The molecule has 0 aliphatic heterocycles. The average Bonchev–Trinajstić information content (AvgIpc) is 3.31. The Morgan fingerprint density at radius 3 is 0.692 bits per heavy atom. The highest BCUT2D eigenvalue weighted by Crippen LogP contribution is 2.26. The average molecular weight is 914 g/mol. The molecule has 0 saturated heterocycles. The van der Waals surface area contributed by atoms with Crippen molar-refractivity contribution in [2.24, 2.45) is 5.73 Å². The van der Waals surface area contributed by atoms with E-state index in [1.54, 1.807) is 0 Å². The Morgan fingerprint density at radius 2 is 0.492 bits per heavy atom. The summed E-state index contributed by atoms with van der Waals surface area (Å²) in [5, 5.41) is 34.1. The van der Waals surface area contributed by atoms with E-state index >= 15 is 0 Å². The predicted molar refractivity (Wildman–Crippen MR) is 278 cm³/mol. The molecule has 0 saturated carbocycles. The van der Waals surface area contributed by atoms with Crippen LogP contribution in [0.25, 0.3) is 0 Å². The molecule has 0 heterocycles. The van der Waals surface area contributed by atoms with Gasteiger partial charge in [-0.1, -0.05) is 211 Å². The molecule has 0 radical (unpaired) electrons. The molecule has 0 amide bonds. The molecular formula is C58H107NO6. The molecule has 5 N–H and O–H groups in total. The number of ketones is 3. The van der Waals surface area contributed by atoms with Gasteiger partial charge >= 0.3 is 0 Å². The van der Waals surface area contributed by atoms with Crippen LogP contribution in [-0.2, 0) is 14.4 Å². The summed E-state index contributed by atoms with van der Waals surface area (Å²) in [5.74, 6) is -1.94. The van der Waals surface area contributed by atoms with E-state index in [4.69, 9.17) is 5.73 Å². The minimum atomic E-state index is -2.50. The zero-order chi connectivity index (χ0) is 47.9. The molecule has 0 aromatic carbocycles. The van der Waals surface area contributed by atoms with E-state index in [1.807, 2.05) is 0 Å². The van der Waals surface area contributed by atoms with Crippen LogP contribution < -0.4 is 5.73 Å². The van der Waals surface area contributed by atoms with E-state index in [0.717, 1.165) is 116 Å². The van der Waals surface area contributed by atoms with E-state index in [1.165, 1.54) is 116 Å². The lowest BCUT2D eigenvalue weighted by atomic mass is 9.75. The molecule has 0 aromatic rings. The topological polar surface area (TPSA) is 138 Å². The van der Waals surface area contributed by atoms with Crippen LogP contribution in [0.3, 0.4) is 0 Å². The molecule has 0 aromatic heterocycles. The van der Waals surface area contributed by atoms with Crippen LogP contribution >= 0.6 is 0 Å². The lowest BCUT2D eigenvalue weighted by molar-refractivity contribution is -0.156. The third-order valence-corrected chi connectivity index (χ3v) is 13.4. The molecule has 7 heteroatoms.